The second-order valence-corrected chi connectivity index (χ2v) is 7.05. The molecular weight excluding hydrogens is 322 g/mol. The quantitative estimate of drug-likeness (QED) is 0.607. The monoisotopic (exact) mass is 345 g/mol. The molecule has 1 amide bonds. The van der Waals surface area contributed by atoms with E-state index in [9.17, 15) is 4.79 Å². The number of carbonyl (C=O) groups excluding carboxylic acids is 1. The van der Waals surface area contributed by atoms with Crippen LogP contribution in [0.2, 0.25) is 0 Å². The minimum absolute atomic E-state index is 0.0891. The summed E-state index contributed by atoms with van der Waals surface area (Å²) in [5.74, 6) is 0.802. The molecule has 1 fully saturated rings. The number of amides is 1. The van der Waals surface area contributed by atoms with Crippen molar-refractivity contribution in [2.45, 2.75) is 26.3 Å². The average Bonchev–Trinajstić information content (AvgIpc) is 3.35. The van der Waals surface area contributed by atoms with Crippen LogP contribution in [0.25, 0.3) is 0 Å². The molecule has 0 bridgehead atoms. The fraction of sp³-hybridized carbons (Fsp3) is 0.471. The van der Waals surface area contributed by atoms with E-state index in [1.54, 1.807) is 12.4 Å². The van der Waals surface area contributed by atoms with Gasteiger partial charge in [-0.3, -0.25) is 9.78 Å². The van der Waals surface area contributed by atoms with Crippen LogP contribution in [-0.2, 0) is 6.54 Å². The lowest BCUT2D eigenvalue weighted by Crippen LogP contribution is -2.24. The van der Waals surface area contributed by atoms with Crippen molar-refractivity contribution in [3.63, 3.8) is 0 Å². The molecule has 7 heteroatoms. The van der Waals surface area contributed by atoms with E-state index in [2.05, 4.69) is 25.9 Å². The fourth-order valence-electron chi connectivity index (χ4n) is 2.33. The van der Waals surface area contributed by atoms with Gasteiger partial charge in [-0.25, -0.2) is 4.98 Å². The summed E-state index contributed by atoms with van der Waals surface area (Å²) >= 11 is 1.40. The van der Waals surface area contributed by atoms with Gasteiger partial charge in [0.05, 0.1) is 5.69 Å². The summed E-state index contributed by atoms with van der Waals surface area (Å²) in [6.07, 6.45) is 6.20. The maximum Gasteiger partial charge on any atom is 0.263 e. The van der Waals surface area contributed by atoms with E-state index in [1.807, 2.05) is 19.1 Å². The van der Waals surface area contributed by atoms with Gasteiger partial charge in [-0.15, -0.1) is 0 Å². The molecule has 1 saturated carbocycles. The molecule has 24 heavy (non-hydrogen) atoms. The first-order valence-electron chi connectivity index (χ1n) is 8.31. The first-order valence-corrected chi connectivity index (χ1v) is 9.13. The van der Waals surface area contributed by atoms with Crippen LogP contribution in [0, 0.1) is 12.8 Å². The van der Waals surface area contributed by atoms with Gasteiger partial charge in [0.25, 0.3) is 5.91 Å². The molecule has 0 atom stereocenters. The molecule has 2 aromatic rings. The van der Waals surface area contributed by atoms with Gasteiger partial charge in [-0.1, -0.05) is 17.4 Å². The molecular formula is C17H23N5OS. The lowest BCUT2D eigenvalue weighted by molar-refractivity contribution is 0.0954. The summed E-state index contributed by atoms with van der Waals surface area (Å²) in [4.78, 5) is 21.5. The van der Waals surface area contributed by atoms with Crippen LogP contribution in [0.3, 0.4) is 0 Å². The molecule has 3 rings (SSSR count). The maximum atomic E-state index is 12.3. The number of aryl methyl sites for hydroxylation is 1. The Kier molecular flexibility index (Phi) is 5.77. The molecule has 2 heterocycles. The van der Waals surface area contributed by atoms with Gasteiger partial charge in [0.15, 0.2) is 5.13 Å². The molecule has 0 aromatic carbocycles. The summed E-state index contributed by atoms with van der Waals surface area (Å²) < 4.78 is 0. The topological polar surface area (TPSA) is 78.9 Å². The fourth-order valence-corrected chi connectivity index (χ4v) is 3.24. The average molecular weight is 345 g/mol. The first-order chi connectivity index (χ1) is 11.7. The third-order valence-electron chi connectivity index (χ3n) is 3.89. The third kappa shape index (κ3) is 5.01. The highest BCUT2D eigenvalue weighted by molar-refractivity contribution is 7.17. The number of hydrogen-bond donors (Lipinski definition) is 3. The predicted molar refractivity (Wildman–Crippen MR) is 96.3 cm³/mol. The smallest absolute Gasteiger partial charge is 0.263 e. The summed E-state index contributed by atoms with van der Waals surface area (Å²) in [5.41, 5.74) is 1.74. The maximum absolute atomic E-state index is 12.3. The third-order valence-corrected chi connectivity index (χ3v) is 5.00. The van der Waals surface area contributed by atoms with Crippen LogP contribution in [-0.4, -0.2) is 35.5 Å². The number of nitrogens with zero attached hydrogens (tertiary/aromatic N) is 2. The van der Waals surface area contributed by atoms with Crippen molar-refractivity contribution in [1.29, 1.82) is 0 Å². The van der Waals surface area contributed by atoms with Crippen molar-refractivity contribution >= 4 is 22.4 Å². The largest absolute Gasteiger partial charge is 0.360 e. The lowest BCUT2D eigenvalue weighted by Gasteiger charge is -2.04. The Bertz CT molecular complexity index is 669. The van der Waals surface area contributed by atoms with E-state index in [1.165, 1.54) is 24.2 Å². The van der Waals surface area contributed by atoms with Crippen molar-refractivity contribution in [3.8, 4) is 0 Å². The van der Waals surface area contributed by atoms with Crippen LogP contribution < -0.4 is 16.0 Å². The summed E-state index contributed by atoms with van der Waals surface area (Å²) in [6, 6.07) is 3.80. The highest BCUT2D eigenvalue weighted by Crippen LogP contribution is 2.27. The Morgan fingerprint density at radius 2 is 2.25 bits per heavy atom. The molecule has 1 aliphatic carbocycles. The highest BCUT2D eigenvalue weighted by Gasteiger charge is 2.20. The number of carbonyl (C=O) groups is 1. The predicted octanol–water partition coefficient (Wildman–Crippen LogP) is 2.19. The van der Waals surface area contributed by atoms with Crippen LogP contribution in [0.5, 0.6) is 0 Å². The van der Waals surface area contributed by atoms with E-state index in [-0.39, 0.29) is 5.91 Å². The van der Waals surface area contributed by atoms with Gasteiger partial charge >= 0.3 is 0 Å². The van der Waals surface area contributed by atoms with Crippen LogP contribution in [0.15, 0.2) is 24.5 Å². The van der Waals surface area contributed by atoms with Gasteiger partial charge in [0.2, 0.25) is 0 Å². The minimum Gasteiger partial charge on any atom is -0.360 e. The zero-order chi connectivity index (χ0) is 16.8. The zero-order valence-electron chi connectivity index (χ0n) is 13.8. The van der Waals surface area contributed by atoms with Crippen molar-refractivity contribution < 1.29 is 4.79 Å². The molecule has 3 N–H and O–H groups in total. The van der Waals surface area contributed by atoms with Crippen molar-refractivity contribution in [2.24, 2.45) is 5.92 Å². The molecule has 128 valence electrons. The van der Waals surface area contributed by atoms with E-state index in [4.69, 9.17) is 0 Å². The summed E-state index contributed by atoms with van der Waals surface area (Å²) in [6.45, 7) is 5.18. The molecule has 1 aliphatic rings. The summed E-state index contributed by atoms with van der Waals surface area (Å²) in [5, 5.41) is 10.4. The van der Waals surface area contributed by atoms with Gasteiger partial charge in [-0.05, 0) is 43.9 Å². The Balaban J connectivity index is 1.44. The lowest BCUT2D eigenvalue weighted by atomic mass is 10.3. The van der Waals surface area contributed by atoms with E-state index >= 15 is 0 Å². The minimum atomic E-state index is -0.0891. The number of pyridine rings is 1. The SMILES string of the molecule is Cc1nc(NCCNCC2CC2)sc1C(=O)NCc1cccnc1. The normalized spacial score (nSPS) is 13.7. The molecule has 0 aliphatic heterocycles. The highest BCUT2D eigenvalue weighted by atomic mass is 32.1. The number of rotatable bonds is 9. The molecule has 0 unspecified atom stereocenters. The number of anilines is 1. The van der Waals surface area contributed by atoms with Gasteiger partial charge in [0, 0.05) is 32.0 Å². The molecule has 2 aromatic heterocycles. The molecule has 0 radical (unpaired) electrons. The second kappa shape index (κ2) is 8.21. The first kappa shape index (κ1) is 16.9. The van der Waals surface area contributed by atoms with Crippen molar-refractivity contribution in [3.05, 3.63) is 40.7 Å². The molecule has 0 saturated heterocycles. The van der Waals surface area contributed by atoms with Crippen LogP contribution >= 0.6 is 11.3 Å². The molecule has 0 spiro atoms. The van der Waals surface area contributed by atoms with Crippen LogP contribution in [0.1, 0.15) is 33.8 Å². The van der Waals surface area contributed by atoms with E-state index < -0.39 is 0 Å². The van der Waals surface area contributed by atoms with Gasteiger partial charge in [0.1, 0.15) is 4.88 Å². The second-order valence-electron chi connectivity index (χ2n) is 6.05. The standard InChI is InChI=1S/C17H23N5OS/c1-12-15(16(23)21-11-14-3-2-6-18-10-14)24-17(22-12)20-8-7-19-9-13-4-5-13/h2-3,6,10,13,19H,4-5,7-9,11H2,1H3,(H,20,22)(H,21,23). The van der Waals surface area contributed by atoms with Crippen molar-refractivity contribution in [1.82, 2.24) is 20.6 Å². The number of hydrogen-bond acceptors (Lipinski definition) is 6. The Labute approximate surface area is 146 Å². The van der Waals surface area contributed by atoms with E-state index in [0.29, 0.717) is 11.4 Å². The Hall–Kier alpha value is -1.99. The van der Waals surface area contributed by atoms with Gasteiger partial charge < -0.3 is 16.0 Å². The summed E-state index contributed by atoms with van der Waals surface area (Å²) in [7, 11) is 0. The molecule has 6 nitrogen and oxygen atoms in total. The van der Waals surface area contributed by atoms with E-state index in [0.717, 1.165) is 41.9 Å². The number of aromatic nitrogens is 2. The van der Waals surface area contributed by atoms with Gasteiger partial charge in [-0.2, -0.15) is 0 Å². The Morgan fingerprint density at radius 1 is 1.38 bits per heavy atom. The van der Waals surface area contributed by atoms with Crippen molar-refractivity contribution in [2.75, 3.05) is 25.0 Å². The number of thiazole rings is 1. The van der Waals surface area contributed by atoms with Crippen LogP contribution in [0.4, 0.5) is 5.13 Å². The Morgan fingerprint density at radius 3 is 3.00 bits per heavy atom. The zero-order valence-corrected chi connectivity index (χ0v) is 14.7. The number of nitrogens with one attached hydrogen (secondary N) is 3.